The second-order valence-electron chi connectivity index (χ2n) is 5.72. The lowest BCUT2D eigenvalue weighted by atomic mass is 10.1. The molecule has 0 saturated heterocycles. The summed E-state index contributed by atoms with van der Waals surface area (Å²) in [6.45, 7) is 1.54. The fraction of sp³-hybridized carbons (Fsp3) is 0.0909. The average molecular weight is 360 g/mol. The van der Waals surface area contributed by atoms with Crippen LogP contribution in [-0.2, 0) is 22.7 Å². The van der Waals surface area contributed by atoms with Crippen molar-refractivity contribution in [2.45, 2.75) is 13.1 Å². The van der Waals surface area contributed by atoms with Gasteiger partial charge in [-0.2, -0.15) is 9.59 Å². The van der Waals surface area contributed by atoms with Gasteiger partial charge in [-0.1, -0.05) is 54.6 Å². The molecule has 0 fully saturated rings. The first kappa shape index (κ1) is 19.6. The van der Waals surface area contributed by atoms with Crippen molar-refractivity contribution in [2.75, 3.05) is 10.6 Å². The molecule has 0 aliphatic heterocycles. The van der Waals surface area contributed by atoms with Gasteiger partial charge < -0.3 is 10.6 Å². The van der Waals surface area contributed by atoms with Crippen LogP contribution in [0, 0.1) is 0 Å². The zero-order valence-electron chi connectivity index (χ0n) is 14.7. The second kappa shape index (κ2) is 11.0. The molecule has 0 atom stereocenters. The number of carbonyl (C=O) groups excluding carboxylic acids is 3. The van der Waals surface area contributed by atoms with Crippen molar-refractivity contribution in [1.29, 1.82) is 0 Å². The molecule has 0 bridgehead atoms. The Kier molecular flexibility index (Phi) is 8.02. The Morgan fingerprint density at radius 2 is 1.22 bits per heavy atom. The molecule has 0 unspecified atom stereocenters. The van der Waals surface area contributed by atoms with Crippen LogP contribution in [-0.4, -0.2) is 12.4 Å². The number of para-hydroxylation sites is 1. The van der Waals surface area contributed by atoms with Crippen LogP contribution >= 0.6 is 0 Å². The summed E-state index contributed by atoms with van der Waals surface area (Å²) >= 11 is 0. The van der Waals surface area contributed by atoms with E-state index in [9.17, 15) is 4.79 Å². The number of benzene rings is 3. The van der Waals surface area contributed by atoms with E-state index in [1.54, 1.807) is 6.07 Å². The Labute approximate surface area is 158 Å². The van der Waals surface area contributed by atoms with Crippen molar-refractivity contribution in [1.82, 2.24) is 0 Å². The Bertz CT molecular complexity index is 872. The summed E-state index contributed by atoms with van der Waals surface area (Å²) in [6, 6.07) is 26.2. The highest BCUT2D eigenvalue weighted by Gasteiger charge is 1.98. The summed E-state index contributed by atoms with van der Waals surface area (Å²) in [5.74, 6) is 0. The van der Waals surface area contributed by atoms with Crippen LogP contribution in [0.2, 0.25) is 0 Å². The Hall–Kier alpha value is -3.69. The molecular formula is C22H20N2O3. The zero-order chi connectivity index (χ0) is 19.3. The van der Waals surface area contributed by atoms with E-state index in [2.05, 4.69) is 47.0 Å². The van der Waals surface area contributed by atoms with E-state index in [1.807, 2.05) is 36.4 Å². The maximum absolute atomic E-state index is 10.8. The van der Waals surface area contributed by atoms with Gasteiger partial charge in [-0.25, -0.2) is 0 Å². The normalized spacial score (nSPS) is 9.33. The van der Waals surface area contributed by atoms with E-state index in [0.717, 1.165) is 30.8 Å². The van der Waals surface area contributed by atoms with Gasteiger partial charge in [-0.3, -0.25) is 4.79 Å². The van der Waals surface area contributed by atoms with Crippen LogP contribution < -0.4 is 10.6 Å². The predicted octanol–water partition coefficient (Wildman–Crippen LogP) is 4.14. The molecule has 3 aromatic rings. The Morgan fingerprint density at radius 3 is 1.78 bits per heavy atom. The van der Waals surface area contributed by atoms with Crippen LogP contribution in [0.4, 0.5) is 11.4 Å². The quantitative estimate of drug-likeness (QED) is 0.620. The molecule has 5 heteroatoms. The van der Waals surface area contributed by atoms with Crippen LogP contribution in [0.25, 0.3) is 0 Å². The van der Waals surface area contributed by atoms with E-state index < -0.39 is 0 Å². The fourth-order valence-electron chi connectivity index (χ4n) is 2.46. The molecule has 3 aromatic carbocycles. The summed E-state index contributed by atoms with van der Waals surface area (Å²) in [6.07, 6.45) is 1.11. The van der Waals surface area contributed by atoms with Crippen LogP contribution in [0.1, 0.15) is 21.5 Å². The molecule has 0 aliphatic rings. The highest BCUT2D eigenvalue weighted by molar-refractivity contribution is 5.76. The fourth-order valence-corrected chi connectivity index (χ4v) is 2.46. The van der Waals surface area contributed by atoms with E-state index in [1.165, 1.54) is 11.1 Å². The minimum absolute atomic E-state index is 0.250. The molecule has 0 radical (unpaired) electrons. The minimum Gasteiger partial charge on any atom is -0.381 e. The number of hydrogen-bond acceptors (Lipinski definition) is 5. The second-order valence-corrected chi connectivity index (χ2v) is 5.72. The van der Waals surface area contributed by atoms with Crippen molar-refractivity contribution in [3.63, 3.8) is 0 Å². The third kappa shape index (κ3) is 6.98. The van der Waals surface area contributed by atoms with Crippen LogP contribution in [0.3, 0.4) is 0 Å². The lowest BCUT2D eigenvalue weighted by Crippen LogP contribution is -2.02. The monoisotopic (exact) mass is 360 g/mol. The van der Waals surface area contributed by atoms with Crippen molar-refractivity contribution in [2.24, 2.45) is 0 Å². The molecule has 3 rings (SSSR count). The summed E-state index contributed by atoms with van der Waals surface area (Å²) in [5.41, 5.74) is 5.20. The molecule has 0 saturated carbocycles. The molecule has 0 spiro atoms. The summed E-state index contributed by atoms with van der Waals surface area (Å²) in [7, 11) is 0. The van der Waals surface area contributed by atoms with Gasteiger partial charge in [-0.05, 0) is 35.4 Å². The Balaban J connectivity index is 0.000000817. The van der Waals surface area contributed by atoms with Gasteiger partial charge in [0.05, 0.1) is 0 Å². The first-order valence-electron chi connectivity index (χ1n) is 8.40. The van der Waals surface area contributed by atoms with Gasteiger partial charge in [0.25, 0.3) is 0 Å². The van der Waals surface area contributed by atoms with Crippen molar-refractivity contribution in [3.05, 3.63) is 95.6 Å². The average Bonchev–Trinajstić information content (AvgIpc) is 2.73. The highest BCUT2D eigenvalue weighted by Crippen LogP contribution is 2.13. The molecule has 5 nitrogen and oxygen atoms in total. The first-order chi connectivity index (χ1) is 13.2. The smallest absolute Gasteiger partial charge is 0.373 e. The molecule has 27 heavy (non-hydrogen) atoms. The zero-order valence-corrected chi connectivity index (χ0v) is 14.7. The van der Waals surface area contributed by atoms with Gasteiger partial charge in [-0.15, -0.1) is 0 Å². The standard InChI is InChI=1S/C21H20N2O.CO2/c24-16-19-5-4-8-21(13-19)23-15-18-11-9-17(10-12-18)14-22-20-6-2-1-3-7-20;2-1-3/h1-13,16,22-23H,14-15H2;. The van der Waals surface area contributed by atoms with E-state index in [-0.39, 0.29) is 6.15 Å². The minimum atomic E-state index is 0.250. The van der Waals surface area contributed by atoms with E-state index in [0.29, 0.717) is 5.56 Å². The van der Waals surface area contributed by atoms with Gasteiger partial charge in [0, 0.05) is 30.0 Å². The van der Waals surface area contributed by atoms with Gasteiger partial charge >= 0.3 is 6.15 Å². The third-order valence-corrected chi connectivity index (χ3v) is 3.81. The summed E-state index contributed by atoms with van der Waals surface area (Å²) < 4.78 is 0. The molecule has 0 aromatic heterocycles. The highest BCUT2D eigenvalue weighted by atomic mass is 16.2. The van der Waals surface area contributed by atoms with Crippen molar-refractivity contribution < 1.29 is 14.4 Å². The number of rotatable bonds is 7. The summed E-state index contributed by atoms with van der Waals surface area (Å²) in [5, 5.41) is 6.74. The molecule has 2 N–H and O–H groups in total. The molecule has 136 valence electrons. The molecule has 0 aliphatic carbocycles. The first-order valence-corrected chi connectivity index (χ1v) is 8.40. The van der Waals surface area contributed by atoms with Gasteiger partial charge in [0.15, 0.2) is 0 Å². The topological polar surface area (TPSA) is 75.3 Å². The number of nitrogens with one attached hydrogen (secondary N) is 2. The van der Waals surface area contributed by atoms with Gasteiger partial charge in [0.2, 0.25) is 0 Å². The van der Waals surface area contributed by atoms with Crippen molar-refractivity contribution >= 4 is 23.8 Å². The SMILES string of the molecule is O=C=O.O=Cc1cccc(NCc2ccc(CNc3ccccc3)cc2)c1. The Morgan fingerprint density at radius 1 is 0.704 bits per heavy atom. The van der Waals surface area contributed by atoms with Crippen LogP contribution in [0.15, 0.2) is 78.9 Å². The molecular weight excluding hydrogens is 340 g/mol. The van der Waals surface area contributed by atoms with E-state index in [4.69, 9.17) is 9.59 Å². The maximum atomic E-state index is 10.8. The number of aldehydes is 1. The number of anilines is 2. The van der Waals surface area contributed by atoms with Crippen molar-refractivity contribution in [3.8, 4) is 0 Å². The molecule has 0 amide bonds. The lowest BCUT2D eigenvalue weighted by molar-refractivity contribution is -0.191. The van der Waals surface area contributed by atoms with Crippen LogP contribution in [0.5, 0.6) is 0 Å². The van der Waals surface area contributed by atoms with Gasteiger partial charge in [0.1, 0.15) is 6.29 Å². The lowest BCUT2D eigenvalue weighted by Gasteiger charge is -2.09. The third-order valence-electron chi connectivity index (χ3n) is 3.81. The molecule has 0 heterocycles. The maximum Gasteiger partial charge on any atom is 0.373 e. The van der Waals surface area contributed by atoms with E-state index >= 15 is 0 Å². The number of carbonyl (C=O) groups is 1. The summed E-state index contributed by atoms with van der Waals surface area (Å²) in [4.78, 5) is 27.1. The largest absolute Gasteiger partial charge is 0.381 e. The number of hydrogen-bond donors (Lipinski definition) is 2. The predicted molar refractivity (Wildman–Crippen MR) is 104 cm³/mol.